The lowest BCUT2D eigenvalue weighted by Gasteiger charge is -2.28. The number of amides is 2. The molecule has 1 fully saturated rings. The Morgan fingerprint density at radius 3 is 2.45 bits per heavy atom. The molecule has 29 heavy (non-hydrogen) atoms. The Hall–Kier alpha value is -2.89. The lowest BCUT2D eigenvalue weighted by atomic mass is 10.1. The molecule has 2 heterocycles. The molecule has 2 amide bonds. The molecule has 1 saturated heterocycles. The van der Waals surface area contributed by atoms with Crippen LogP contribution in [-0.2, 0) is 0 Å². The fourth-order valence-electron chi connectivity index (χ4n) is 3.38. The molecule has 154 valence electrons. The zero-order valence-corrected chi connectivity index (χ0v) is 17.3. The molecule has 0 atom stereocenters. The van der Waals surface area contributed by atoms with Crippen molar-refractivity contribution in [1.82, 2.24) is 10.3 Å². The molecule has 1 aliphatic rings. The van der Waals surface area contributed by atoms with Crippen molar-refractivity contribution in [1.29, 1.82) is 0 Å². The summed E-state index contributed by atoms with van der Waals surface area (Å²) < 4.78 is 0. The number of nitrogens with one attached hydrogen (secondary N) is 2. The van der Waals surface area contributed by atoms with Gasteiger partial charge in [-0.2, -0.15) is 0 Å². The predicted octanol–water partition coefficient (Wildman–Crippen LogP) is 4.10. The summed E-state index contributed by atoms with van der Waals surface area (Å²) in [7, 11) is 0. The molecular weight excluding hydrogens is 364 g/mol. The highest BCUT2D eigenvalue weighted by atomic mass is 16.2. The molecule has 2 N–H and O–H groups in total. The Labute approximate surface area is 172 Å². The molecule has 0 spiro atoms. The molecule has 6 nitrogen and oxygen atoms in total. The van der Waals surface area contributed by atoms with E-state index in [1.165, 1.54) is 37.2 Å². The highest BCUT2D eigenvalue weighted by Crippen LogP contribution is 2.22. The molecule has 3 rings (SSSR count). The molecule has 1 aromatic heterocycles. The van der Waals surface area contributed by atoms with Gasteiger partial charge in [0.15, 0.2) is 0 Å². The topological polar surface area (TPSA) is 74.3 Å². The quantitative estimate of drug-likeness (QED) is 0.741. The predicted molar refractivity (Wildman–Crippen MR) is 116 cm³/mol. The minimum Gasteiger partial charge on any atom is -0.372 e. The number of anilines is 2. The summed E-state index contributed by atoms with van der Waals surface area (Å²) in [4.78, 5) is 31.3. The Morgan fingerprint density at radius 2 is 1.76 bits per heavy atom. The van der Waals surface area contributed by atoms with E-state index in [-0.39, 0.29) is 17.5 Å². The summed E-state index contributed by atoms with van der Waals surface area (Å²) in [5.74, 6) is 0.0101. The van der Waals surface area contributed by atoms with Crippen LogP contribution in [0.1, 0.15) is 60.4 Å². The van der Waals surface area contributed by atoms with Gasteiger partial charge in [-0.05, 0) is 68.0 Å². The third-order valence-corrected chi connectivity index (χ3v) is 5.11. The van der Waals surface area contributed by atoms with Gasteiger partial charge in [-0.1, -0.05) is 13.8 Å². The van der Waals surface area contributed by atoms with Crippen LogP contribution in [0, 0.1) is 5.92 Å². The lowest BCUT2D eigenvalue weighted by molar-refractivity contribution is 0.0952. The van der Waals surface area contributed by atoms with Crippen molar-refractivity contribution in [3.05, 3.63) is 53.9 Å². The maximum atomic E-state index is 12.6. The first-order valence-electron chi connectivity index (χ1n) is 10.4. The van der Waals surface area contributed by atoms with E-state index in [0.717, 1.165) is 19.5 Å². The van der Waals surface area contributed by atoms with E-state index in [1.54, 1.807) is 6.07 Å². The van der Waals surface area contributed by atoms with Gasteiger partial charge in [-0.3, -0.25) is 14.6 Å². The number of carbonyl (C=O) groups excluding carboxylic acids is 2. The Morgan fingerprint density at radius 1 is 1.03 bits per heavy atom. The summed E-state index contributed by atoms with van der Waals surface area (Å²) >= 11 is 0. The summed E-state index contributed by atoms with van der Waals surface area (Å²) in [5.41, 5.74) is 2.56. The number of aromatic nitrogens is 1. The van der Waals surface area contributed by atoms with E-state index in [9.17, 15) is 9.59 Å². The van der Waals surface area contributed by atoms with Crippen molar-refractivity contribution in [3.63, 3.8) is 0 Å². The van der Waals surface area contributed by atoms with Gasteiger partial charge in [-0.15, -0.1) is 0 Å². The van der Waals surface area contributed by atoms with Gasteiger partial charge < -0.3 is 15.5 Å². The molecule has 0 aliphatic carbocycles. The average molecular weight is 395 g/mol. The van der Waals surface area contributed by atoms with Crippen molar-refractivity contribution in [2.45, 2.75) is 39.5 Å². The van der Waals surface area contributed by atoms with Gasteiger partial charge in [0, 0.05) is 42.8 Å². The monoisotopic (exact) mass is 394 g/mol. The van der Waals surface area contributed by atoms with E-state index in [1.807, 2.05) is 24.3 Å². The Bertz CT molecular complexity index is 827. The first-order valence-corrected chi connectivity index (χ1v) is 10.4. The van der Waals surface area contributed by atoms with Crippen molar-refractivity contribution < 1.29 is 9.59 Å². The summed E-state index contributed by atoms with van der Waals surface area (Å²) in [6.07, 6.45) is 6.16. The highest BCUT2D eigenvalue weighted by Gasteiger charge is 2.14. The van der Waals surface area contributed by atoms with Crippen LogP contribution in [0.15, 0.2) is 42.6 Å². The number of benzene rings is 1. The minimum atomic E-state index is -0.326. The van der Waals surface area contributed by atoms with Crippen LogP contribution >= 0.6 is 0 Å². The van der Waals surface area contributed by atoms with E-state index >= 15 is 0 Å². The van der Waals surface area contributed by atoms with Crippen molar-refractivity contribution in [3.8, 4) is 0 Å². The van der Waals surface area contributed by atoms with Gasteiger partial charge in [0.1, 0.15) is 5.69 Å². The largest absolute Gasteiger partial charge is 0.372 e. The summed E-state index contributed by atoms with van der Waals surface area (Å²) in [6.45, 7) is 7.01. The molecule has 6 heteroatoms. The number of pyridine rings is 1. The second-order valence-electron chi connectivity index (χ2n) is 7.92. The SMILES string of the molecule is CC(C)CCNC(=O)c1ccnc(C(=O)Nc2ccc(N3CCCCC3)cc2)c1. The average Bonchev–Trinajstić information content (AvgIpc) is 2.74. The number of hydrogen-bond acceptors (Lipinski definition) is 4. The molecule has 1 aromatic carbocycles. The Balaban J connectivity index is 1.59. The number of nitrogens with zero attached hydrogens (tertiary/aromatic N) is 2. The Kier molecular flexibility index (Phi) is 7.22. The number of rotatable bonds is 7. The summed E-state index contributed by atoms with van der Waals surface area (Å²) in [5, 5.41) is 5.74. The first kappa shape index (κ1) is 20.8. The van der Waals surface area contributed by atoms with Crippen LogP contribution in [0.5, 0.6) is 0 Å². The van der Waals surface area contributed by atoms with Crippen LogP contribution in [0.4, 0.5) is 11.4 Å². The van der Waals surface area contributed by atoms with Gasteiger partial charge in [0.25, 0.3) is 11.8 Å². The van der Waals surface area contributed by atoms with Crippen molar-refractivity contribution in [2.75, 3.05) is 29.9 Å². The number of hydrogen-bond donors (Lipinski definition) is 2. The second kappa shape index (κ2) is 10.0. The van der Waals surface area contributed by atoms with Crippen LogP contribution in [0.2, 0.25) is 0 Å². The third kappa shape index (κ3) is 6.04. The van der Waals surface area contributed by atoms with Crippen LogP contribution in [0.25, 0.3) is 0 Å². The summed E-state index contributed by atoms with van der Waals surface area (Å²) in [6, 6.07) is 11.0. The first-order chi connectivity index (χ1) is 14.0. The van der Waals surface area contributed by atoms with Gasteiger partial charge in [0.2, 0.25) is 0 Å². The van der Waals surface area contributed by atoms with Gasteiger partial charge >= 0.3 is 0 Å². The van der Waals surface area contributed by atoms with E-state index in [2.05, 4.69) is 34.4 Å². The number of piperidine rings is 1. The van der Waals surface area contributed by atoms with Crippen LogP contribution in [0.3, 0.4) is 0 Å². The second-order valence-corrected chi connectivity index (χ2v) is 7.92. The number of carbonyl (C=O) groups is 2. The molecule has 2 aromatic rings. The highest BCUT2D eigenvalue weighted by molar-refractivity contribution is 6.04. The minimum absolute atomic E-state index is 0.187. The fourth-order valence-corrected chi connectivity index (χ4v) is 3.38. The molecule has 0 radical (unpaired) electrons. The fraction of sp³-hybridized carbons (Fsp3) is 0.435. The molecular formula is C23H30N4O2. The van der Waals surface area contributed by atoms with Crippen LogP contribution < -0.4 is 15.5 Å². The zero-order chi connectivity index (χ0) is 20.6. The van der Waals surface area contributed by atoms with Crippen LogP contribution in [-0.4, -0.2) is 36.4 Å². The normalized spacial score (nSPS) is 14.0. The van der Waals surface area contributed by atoms with Gasteiger partial charge in [-0.25, -0.2) is 0 Å². The van der Waals surface area contributed by atoms with E-state index in [0.29, 0.717) is 23.7 Å². The third-order valence-electron chi connectivity index (χ3n) is 5.11. The maximum absolute atomic E-state index is 12.6. The smallest absolute Gasteiger partial charge is 0.274 e. The molecule has 0 unspecified atom stereocenters. The zero-order valence-electron chi connectivity index (χ0n) is 17.3. The van der Waals surface area contributed by atoms with E-state index in [4.69, 9.17) is 0 Å². The maximum Gasteiger partial charge on any atom is 0.274 e. The molecule has 0 saturated carbocycles. The van der Waals surface area contributed by atoms with Crippen molar-refractivity contribution >= 4 is 23.2 Å². The van der Waals surface area contributed by atoms with Gasteiger partial charge in [0.05, 0.1) is 0 Å². The standard InChI is InChI=1S/C23H30N4O2/c1-17(2)10-12-25-22(28)18-11-13-24-21(16-18)23(29)26-19-6-8-20(9-7-19)27-14-4-3-5-15-27/h6-9,11,13,16-17H,3-5,10,12,14-15H2,1-2H3,(H,25,28)(H,26,29). The molecule has 1 aliphatic heterocycles. The van der Waals surface area contributed by atoms with E-state index < -0.39 is 0 Å². The molecule has 0 bridgehead atoms. The lowest BCUT2D eigenvalue weighted by Crippen LogP contribution is -2.29. The van der Waals surface area contributed by atoms with Crippen molar-refractivity contribution in [2.24, 2.45) is 5.92 Å².